The van der Waals surface area contributed by atoms with E-state index in [0.717, 1.165) is 12.0 Å². The molecule has 1 fully saturated rings. The fraction of sp³-hybridized carbons (Fsp3) is 0.174. The molecule has 0 saturated carbocycles. The molecule has 3 aromatic rings. The van der Waals surface area contributed by atoms with Crippen LogP contribution in [0.25, 0.3) is 0 Å². The first-order chi connectivity index (χ1) is 14.5. The molecule has 2 heterocycles. The lowest BCUT2D eigenvalue weighted by molar-refractivity contribution is -0.117. The summed E-state index contributed by atoms with van der Waals surface area (Å²) in [5.41, 5.74) is 2.13. The lowest BCUT2D eigenvalue weighted by Gasteiger charge is -2.20. The number of rotatable bonds is 5. The van der Waals surface area contributed by atoms with Crippen molar-refractivity contribution in [2.24, 2.45) is 0 Å². The van der Waals surface area contributed by atoms with Crippen molar-refractivity contribution in [3.63, 3.8) is 0 Å². The van der Waals surface area contributed by atoms with Gasteiger partial charge in [-0.1, -0.05) is 41.9 Å². The highest BCUT2D eigenvalue weighted by Crippen LogP contribution is 2.29. The van der Waals surface area contributed by atoms with Gasteiger partial charge in [-0.15, -0.1) is 0 Å². The van der Waals surface area contributed by atoms with Crippen molar-refractivity contribution < 1.29 is 9.59 Å². The first-order valence-electron chi connectivity index (χ1n) is 9.67. The molecule has 1 saturated heterocycles. The van der Waals surface area contributed by atoms with Gasteiger partial charge in [0.2, 0.25) is 5.91 Å². The van der Waals surface area contributed by atoms with Crippen LogP contribution in [-0.2, 0) is 11.3 Å². The van der Waals surface area contributed by atoms with Gasteiger partial charge >= 0.3 is 0 Å². The third kappa shape index (κ3) is 4.14. The third-order valence-corrected chi connectivity index (χ3v) is 5.43. The number of carbonyl (C=O) groups excluding carboxylic acids is 2. The number of aromatic nitrogens is 1. The zero-order valence-electron chi connectivity index (χ0n) is 16.2. The van der Waals surface area contributed by atoms with Gasteiger partial charge in [-0.2, -0.15) is 0 Å². The summed E-state index contributed by atoms with van der Waals surface area (Å²) in [6.45, 7) is 0.896. The maximum atomic E-state index is 12.9. The van der Waals surface area contributed by atoms with E-state index in [1.54, 1.807) is 23.1 Å². The molecular formula is C23H20ClN3O3. The van der Waals surface area contributed by atoms with Crippen molar-refractivity contribution >= 4 is 34.8 Å². The van der Waals surface area contributed by atoms with E-state index in [0.29, 0.717) is 34.9 Å². The zero-order chi connectivity index (χ0) is 21.1. The molecule has 7 heteroatoms. The van der Waals surface area contributed by atoms with E-state index in [1.165, 1.54) is 22.9 Å². The van der Waals surface area contributed by atoms with Crippen LogP contribution in [0.1, 0.15) is 28.8 Å². The number of anilines is 2. The number of nitrogens with zero attached hydrogens (tertiary/aromatic N) is 2. The monoisotopic (exact) mass is 421 g/mol. The van der Waals surface area contributed by atoms with Crippen molar-refractivity contribution in [1.29, 1.82) is 0 Å². The van der Waals surface area contributed by atoms with Gasteiger partial charge in [-0.05, 0) is 36.2 Å². The number of nitrogens with one attached hydrogen (secondary N) is 1. The van der Waals surface area contributed by atoms with Crippen molar-refractivity contribution in [3.05, 3.63) is 93.4 Å². The molecule has 0 radical (unpaired) electrons. The highest BCUT2D eigenvalue weighted by Gasteiger charge is 2.24. The fourth-order valence-electron chi connectivity index (χ4n) is 3.51. The fourth-order valence-corrected chi connectivity index (χ4v) is 3.71. The van der Waals surface area contributed by atoms with Crippen LogP contribution >= 0.6 is 11.6 Å². The Morgan fingerprint density at radius 2 is 1.77 bits per heavy atom. The van der Waals surface area contributed by atoms with E-state index in [1.807, 2.05) is 30.3 Å². The summed E-state index contributed by atoms with van der Waals surface area (Å²) in [6, 6.07) is 17.3. The van der Waals surface area contributed by atoms with E-state index in [9.17, 15) is 14.4 Å². The van der Waals surface area contributed by atoms with Crippen molar-refractivity contribution in [1.82, 2.24) is 4.57 Å². The summed E-state index contributed by atoms with van der Waals surface area (Å²) in [5, 5.41) is 3.43. The van der Waals surface area contributed by atoms with E-state index >= 15 is 0 Å². The van der Waals surface area contributed by atoms with Gasteiger partial charge in [-0.25, -0.2) is 0 Å². The Balaban J connectivity index is 1.59. The van der Waals surface area contributed by atoms with E-state index in [4.69, 9.17) is 11.6 Å². The maximum absolute atomic E-state index is 12.9. The van der Waals surface area contributed by atoms with Crippen LogP contribution in [0.4, 0.5) is 11.4 Å². The predicted octanol–water partition coefficient (Wildman–Crippen LogP) is 3.93. The number of amides is 2. The number of pyridine rings is 1. The zero-order valence-corrected chi connectivity index (χ0v) is 16.9. The lowest BCUT2D eigenvalue weighted by Crippen LogP contribution is -2.26. The van der Waals surface area contributed by atoms with Crippen LogP contribution in [0.15, 0.2) is 71.7 Å². The van der Waals surface area contributed by atoms with Crippen LogP contribution in [0.5, 0.6) is 0 Å². The second kappa shape index (κ2) is 8.55. The maximum Gasteiger partial charge on any atom is 0.257 e. The molecule has 30 heavy (non-hydrogen) atoms. The number of hydrogen-bond donors (Lipinski definition) is 1. The standard InChI is InChI=1S/C23H20ClN3O3/c24-18-7-2-1-6-16(18)14-26-15-17(11-12-21(26)28)23(30)25-19-8-3-4-9-20(19)27-13-5-10-22(27)29/h1-4,6-9,11-12,15H,5,10,13-14H2,(H,25,30). The molecule has 2 amide bonds. The Kier molecular flexibility index (Phi) is 5.68. The van der Waals surface area contributed by atoms with Gasteiger partial charge in [0.25, 0.3) is 11.5 Å². The van der Waals surface area contributed by atoms with Gasteiger partial charge < -0.3 is 14.8 Å². The minimum absolute atomic E-state index is 0.0463. The molecule has 152 valence electrons. The first kappa shape index (κ1) is 19.9. The highest BCUT2D eigenvalue weighted by molar-refractivity contribution is 6.31. The summed E-state index contributed by atoms with van der Waals surface area (Å²) in [5.74, 6) is -0.313. The van der Waals surface area contributed by atoms with Gasteiger partial charge in [0, 0.05) is 30.3 Å². The average molecular weight is 422 g/mol. The van der Waals surface area contributed by atoms with Crippen molar-refractivity contribution in [2.75, 3.05) is 16.8 Å². The molecule has 1 N–H and O–H groups in total. The van der Waals surface area contributed by atoms with E-state index < -0.39 is 0 Å². The van der Waals surface area contributed by atoms with Crippen LogP contribution in [0.2, 0.25) is 5.02 Å². The minimum atomic E-state index is -0.359. The predicted molar refractivity (Wildman–Crippen MR) is 117 cm³/mol. The number of carbonyl (C=O) groups is 2. The first-order valence-corrected chi connectivity index (χ1v) is 10.1. The van der Waals surface area contributed by atoms with Crippen LogP contribution in [-0.4, -0.2) is 22.9 Å². The van der Waals surface area contributed by atoms with E-state index in [-0.39, 0.29) is 23.9 Å². The molecular weight excluding hydrogens is 402 g/mol. The van der Waals surface area contributed by atoms with E-state index in [2.05, 4.69) is 5.32 Å². The number of hydrogen-bond acceptors (Lipinski definition) is 3. The van der Waals surface area contributed by atoms with Crippen molar-refractivity contribution in [3.8, 4) is 0 Å². The summed E-state index contributed by atoms with van der Waals surface area (Å²) >= 11 is 6.20. The molecule has 1 aromatic heterocycles. The van der Waals surface area contributed by atoms with Gasteiger partial charge in [-0.3, -0.25) is 14.4 Å². The summed E-state index contributed by atoms with van der Waals surface area (Å²) < 4.78 is 1.45. The molecule has 1 aliphatic rings. The quantitative estimate of drug-likeness (QED) is 0.678. The Morgan fingerprint density at radius 3 is 2.53 bits per heavy atom. The van der Waals surface area contributed by atoms with Crippen LogP contribution in [0.3, 0.4) is 0 Å². The second-order valence-electron chi connectivity index (χ2n) is 7.10. The van der Waals surface area contributed by atoms with Crippen molar-refractivity contribution in [2.45, 2.75) is 19.4 Å². The SMILES string of the molecule is O=C(Nc1ccccc1N1CCCC1=O)c1ccc(=O)n(Cc2ccccc2Cl)c1. The summed E-state index contributed by atoms with van der Waals surface area (Å²) in [7, 11) is 0. The van der Waals surface area contributed by atoms with Gasteiger partial charge in [0.05, 0.1) is 23.5 Å². The van der Waals surface area contributed by atoms with Crippen LogP contribution < -0.4 is 15.8 Å². The average Bonchev–Trinajstić information content (AvgIpc) is 3.17. The Labute approximate surface area is 178 Å². The number of para-hydroxylation sites is 2. The number of halogens is 1. The smallest absolute Gasteiger partial charge is 0.257 e. The molecule has 6 nitrogen and oxygen atoms in total. The molecule has 0 bridgehead atoms. The second-order valence-corrected chi connectivity index (χ2v) is 7.50. The molecule has 0 aliphatic carbocycles. The minimum Gasteiger partial charge on any atom is -0.320 e. The molecule has 0 spiro atoms. The third-order valence-electron chi connectivity index (χ3n) is 5.06. The Hall–Kier alpha value is -3.38. The molecule has 2 aromatic carbocycles. The summed E-state index contributed by atoms with van der Waals surface area (Å²) in [6.07, 6.45) is 2.83. The topological polar surface area (TPSA) is 71.4 Å². The summed E-state index contributed by atoms with van der Waals surface area (Å²) in [4.78, 5) is 39.0. The lowest BCUT2D eigenvalue weighted by atomic mass is 10.2. The molecule has 0 unspecified atom stereocenters. The van der Waals surface area contributed by atoms with Gasteiger partial charge in [0.15, 0.2) is 0 Å². The van der Waals surface area contributed by atoms with Gasteiger partial charge in [0.1, 0.15) is 0 Å². The largest absolute Gasteiger partial charge is 0.320 e. The molecule has 1 aliphatic heterocycles. The molecule has 4 rings (SSSR count). The Morgan fingerprint density at radius 1 is 1.00 bits per heavy atom. The highest BCUT2D eigenvalue weighted by atomic mass is 35.5. The number of benzene rings is 2. The molecule has 0 atom stereocenters. The normalized spacial score (nSPS) is 13.5. The Bertz CT molecular complexity index is 1170. The van der Waals surface area contributed by atoms with Crippen LogP contribution in [0, 0.1) is 0 Å².